The fraction of sp³-hybridized carbons (Fsp3) is 0.194. The quantitative estimate of drug-likeness (QED) is 0.258. The Labute approximate surface area is 202 Å². The van der Waals surface area contributed by atoms with Crippen LogP contribution in [0.25, 0.3) is 39.2 Å². The average Bonchev–Trinajstić information content (AvgIpc) is 3.16. The van der Waals surface area contributed by atoms with E-state index in [0.717, 1.165) is 44.8 Å². The highest BCUT2D eigenvalue weighted by atomic mass is 15.2. The van der Waals surface area contributed by atoms with Gasteiger partial charge < -0.3 is 0 Å². The van der Waals surface area contributed by atoms with Crippen LogP contribution in [0.15, 0.2) is 91.0 Å². The largest absolute Gasteiger partial charge is 0.295 e. The fourth-order valence-corrected chi connectivity index (χ4v) is 4.75. The Morgan fingerprint density at radius 1 is 0.818 bits per heavy atom. The normalized spacial score (nSPS) is 13.9. The van der Waals surface area contributed by atoms with Gasteiger partial charge in [0, 0.05) is 11.0 Å². The first-order chi connectivity index (χ1) is 17.5. The lowest BCUT2D eigenvalue weighted by Crippen LogP contribution is -2.30. The summed E-state index contributed by atoms with van der Waals surface area (Å²) in [6.07, 6.45) is 0. The third kappa shape index (κ3) is 3.56. The monoisotopic (exact) mass is 435 g/mol. The zero-order valence-corrected chi connectivity index (χ0v) is 19.6. The maximum Gasteiger partial charge on any atom is 0.295 e. The second-order valence-electron chi connectivity index (χ2n) is 8.81. The number of imidazole rings is 1. The second-order valence-corrected chi connectivity index (χ2v) is 8.81. The zero-order valence-electron chi connectivity index (χ0n) is 23.6. The van der Waals surface area contributed by atoms with Crippen LogP contribution in [0.5, 0.6) is 0 Å². The van der Waals surface area contributed by atoms with Crippen LogP contribution >= 0.6 is 0 Å². The molecule has 0 aliphatic carbocycles. The topological polar surface area (TPSA) is 8.81 Å². The predicted octanol–water partition coefficient (Wildman–Crippen LogP) is 7.53. The van der Waals surface area contributed by atoms with Gasteiger partial charge in [-0.15, -0.1) is 0 Å². The van der Waals surface area contributed by atoms with Crippen molar-refractivity contribution in [3.63, 3.8) is 0 Å². The summed E-state index contributed by atoms with van der Waals surface area (Å²) in [6, 6.07) is 29.8. The summed E-state index contributed by atoms with van der Waals surface area (Å²) < 4.78 is 38.0. The molecule has 5 aromatic rings. The molecule has 0 atom stereocenters. The van der Waals surface area contributed by atoms with Crippen molar-refractivity contribution in [2.45, 2.75) is 33.5 Å². The molecule has 1 heterocycles. The van der Waals surface area contributed by atoms with Crippen LogP contribution in [-0.2, 0) is 7.05 Å². The maximum atomic E-state index is 8.90. The summed E-state index contributed by atoms with van der Waals surface area (Å²) in [6.45, 7) is 3.55. The molecule has 0 bridgehead atoms. The van der Waals surface area contributed by atoms with E-state index in [1.165, 1.54) is 0 Å². The number of aromatic nitrogens is 2. The van der Waals surface area contributed by atoms with Crippen LogP contribution in [0.4, 0.5) is 0 Å². The van der Waals surface area contributed by atoms with E-state index in [1.807, 2.05) is 101 Å². The van der Waals surface area contributed by atoms with Gasteiger partial charge >= 0.3 is 0 Å². The molecule has 0 saturated heterocycles. The van der Waals surface area contributed by atoms with E-state index in [0.29, 0.717) is 11.1 Å². The molecule has 0 fully saturated rings. The molecule has 2 heteroatoms. The molecule has 0 aliphatic heterocycles. The summed E-state index contributed by atoms with van der Waals surface area (Å²) in [5.41, 5.74) is 7.65. The van der Waals surface area contributed by atoms with Gasteiger partial charge in [0.25, 0.3) is 5.82 Å². The Morgan fingerprint density at radius 2 is 1.52 bits per heavy atom. The smallest absolute Gasteiger partial charge is 0.225 e. The van der Waals surface area contributed by atoms with Crippen molar-refractivity contribution in [2.75, 3.05) is 0 Å². The summed E-state index contributed by atoms with van der Waals surface area (Å²) in [4.78, 5) is 0. The van der Waals surface area contributed by atoms with Crippen LogP contribution in [0, 0.1) is 13.8 Å². The van der Waals surface area contributed by atoms with Crippen LogP contribution in [0.3, 0.4) is 0 Å². The Morgan fingerprint density at radius 3 is 2.18 bits per heavy atom. The van der Waals surface area contributed by atoms with Crippen molar-refractivity contribution in [3.05, 3.63) is 108 Å². The molecule has 0 aliphatic rings. The van der Waals surface area contributed by atoms with E-state index in [4.69, 9.17) is 5.48 Å². The van der Waals surface area contributed by atoms with E-state index in [2.05, 4.69) is 27.3 Å². The van der Waals surface area contributed by atoms with Crippen molar-refractivity contribution >= 4 is 11.0 Å². The molecule has 0 unspecified atom stereocenters. The molecular formula is C31H31N2+. The summed E-state index contributed by atoms with van der Waals surface area (Å²) in [7, 11) is 2.04. The molecule has 4 aromatic carbocycles. The molecule has 0 spiro atoms. The number of para-hydroxylation sites is 2. The maximum absolute atomic E-state index is 8.90. The van der Waals surface area contributed by atoms with Crippen LogP contribution in [0.2, 0.25) is 0 Å². The summed E-state index contributed by atoms with van der Waals surface area (Å²) in [5, 5.41) is 0. The molecule has 5 rings (SSSR count). The molecule has 0 N–H and O–H groups in total. The molecular weight excluding hydrogens is 400 g/mol. The summed E-state index contributed by atoms with van der Waals surface area (Å²) >= 11 is 0. The molecule has 0 amide bonds. The fourth-order valence-electron chi connectivity index (χ4n) is 4.75. The first kappa shape index (κ1) is 16.9. The van der Waals surface area contributed by atoms with Gasteiger partial charge in [-0.05, 0) is 66.2 Å². The SMILES string of the molecule is [2H]C([2H])([2H])c1cc(C)c(-c2n(-c3ccccc3)c3c(C([2H])(C)C)cccc3[n+]2C)cc1-c1ccccc1. The van der Waals surface area contributed by atoms with Gasteiger partial charge in [-0.1, -0.05) is 80.6 Å². The Kier molecular flexibility index (Phi) is 4.29. The highest BCUT2D eigenvalue weighted by molar-refractivity contribution is 5.84. The third-order valence-electron chi connectivity index (χ3n) is 6.37. The lowest BCUT2D eigenvalue weighted by Gasteiger charge is -2.13. The number of fused-ring (bicyclic) bond motifs is 1. The van der Waals surface area contributed by atoms with Gasteiger partial charge in [0.1, 0.15) is 5.69 Å². The Balaban J connectivity index is 1.94. The lowest BCUT2D eigenvalue weighted by molar-refractivity contribution is -0.633. The van der Waals surface area contributed by atoms with Gasteiger partial charge in [-0.3, -0.25) is 0 Å². The van der Waals surface area contributed by atoms with Crippen molar-refractivity contribution in [3.8, 4) is 28.2 Å². The van der Waals surface area contributed by atoms with Crippen molar-refractivity contribution < 1.29 is 10.1 Å². The number of nitrogens with zero attached hydrogens (tertiary/aromatic N) is 2. The minimum Gasteiger partial charge on any atom is -0.225 e. The molecule has 2 nitrogen and oxygen atoms in total. The van der Waals surface area contributed by atoms with Gasteiger partial charge in [-0.25, -0.2) is 4.57 Å². The first-order valence-electron chi connectivity index (χ1n) is 13.3. The van der Waals surface area contributed by atoms with Crippen molar-refractivity contribution in [2.24, 2.45) is 7.05 Å². The van der Waals surface area contributed by atoms with Gasteiger partial charge in [-0.2, -0.15) is 4.57 Å². The van der Waals surface area contributed by atoms with E-state index in [9.17, 15) is 0 Å². The van der Waals surface area contributed by atoms with E-state index < -0.39 is 12.7 Å². The number of hydrogen-bond acceptors (Lipinski definition) is 0. The van der Waals surface area contributed by atoms with E-state index >= 15 is 0 Å². The molecule has 1 aromatic heterocycles. The van der Waals surface area contributed by atoms with Gasteiger partial charge in [0.05, 0.1) is 12.6 Å². The number of benzene rings is 4. The van der Waals surface area contributed by atoms with E-state index in [1.54, 1.807) is 0 Å². The predicted molar refractivity (Wildman–Crippen MR) is 139 cm³/mol. The molecule has 0 radical (unpaired) electrons. The number of rotatable bonds is 4. The minimum atomic E-state index is -2.24. The standard InChI is InChI=1S/C31H31N2/c1-21(2)26-17-12-18-29-30(26)33(25-15-10-7-11-16-25)31(32(29)5)28-20-27(22(3)19-23(28)4)24-13-8-6-9-14-24/h6-21H,1-5H3/q+1/i3D3,21D. The van der Waals surface area contributed by atoms with Crippen molar-refractivity contribution in [1.29, 1.82) is 0 Å². The Hall–Kier alpha value is -3.65. The number of aryl methyl sites for hydroxylation is 3. The first-order valence-corrected chi connectivity index (χ1v) is 11.3. The lowest BCUT2D eigenvalue weighted by atomic mass is 9.94. The van der Waals surface area contributed by atoms with Crippen LogP contribution < -0.4 is 4.57 Å². The number of hydrogen-bond donors (Lipinski definition) is 0. The minimum absolute atomic E-state index is 0.345. The molecule has 33 heavy (non-hydrogen) atoms. The van der Waals surface area contributed by atoms with E-state index in [-0.39, 0.29) is 0 Å². The van der Waals surface area contributed by atoms with Gasteiger partial charge in [0.15, 0.2) is 11.0 Å². The molecule has 0 saturated carbocycles. The van der Waals surface area contributed by atoms with Crippen LogP contribution in [-0.4, -0.2) is 4.57 Å². The van der Waals surface area contributed by atoms with Crippen LogP contribution in [0.1, 0.15) is 41.9 Å². The van der Waals surface area contributed by atoms with Crippen molar-refractivity contribution in [1.82, 2.24) is 4.57 Å². The average molecular weight is 436 g/mol. The highest BCUT2D eigenvalue weighted by Gasteiger charge is 2.30. The second kappa shape index (κ2) is 8.37. The summed E-state index contributed by atoms with van der Waals surface area (Å²) in [5.74, 6) is 0.119. The molecule has 164 valence electrons. The third-order valence-corrected chi connectivity index (χ3v) is 6.37. The highest BCUT2D eigenvalue weighted by Crippen LogP contribution is 2.36. The Bertz CT molecular complexity index is 1590. The zero-order chi connectivity index (χ0) is 26.5. The van der Waals surface area contributed by atoms with Gasteiger partial charge in [0.2, 0.25) is 0 Å².